The number of para-hydroxylation sites is 1. The summed E-state index contributed by atoms with van der Waals surface area (Å²) in [4.78, 5) is 0. The molecule has 0 aliphatic heterocycles. The predicted octanol–water partition coefficient (Wildman–Crippen LogP) is 0.542. The minimum atomic E-state index is -0.221. The Hall–Kier alpha value is -1.86. The van der Waals surface area contributed by atoms with E-state index in [0.29, 0.717) is 23.8 Å². The molecule has 0 aromatic heterocycles. The van der Waals surface area contributed by atoms with Crippen LogP contribution >= 0.6 is 12.2 Å². The van der Waals surface area contributed by atoms with E-state index in [-0.39, 0.29) is 11.5 Å². The van der Waals surface area contributed by atoms with E-state index < -0.39 is 0 Å². The molecule has 98 valence electrons. The maximum absolute atomic E-state index is 9.50. The summed E-state index contributed by atoms with van der Waals surface area (Å²) in [5.74, 6) is -0.416. The number of ether oxygens (including phenoxy) is 1. The number of aromatic hydroxyl groups is 2. The first-order valence-electron chi connectivity index (χ1n) is 5.22. The monoisotopic (exact) mass is 269 g/mol. The van der Waals surface area contributed by atoms with Crippen LogP contribution in [0.4, 0.5) is 0 Å². The molecule has 0 saturated heterocycles. The zero-order valence-electron chi connectivity index (χ0n) is 9.88. The zero-order chi connectivity index (χ0) is 13.4. The maximum Gasteiger partial charge on any atom is 0.187 e. The Bertz CT molecular complexity index is 438. The van der Waals surface area contributed by atoms with E-state index in [9.17, 15) is 10.2 Å². The molecule has 0 saturated carbocycles. The highest BCUT2D eigenvalue weighted by molar-refractivity contribution is 7.80. The molecule has 0 amide bonds. The van der Waals surface area contributed by atoms with Gasteiger partial charge in [0.25, 0.3) is 0 Å². The lowest BCUT2D eigenvalue weighted by molar-refractivity contribution is 0.204. The van der Waals surface area contributed by atoms with Crippen molar-refractivity contribution < 1.29 is 14.9 Å². The van der Waals surface area contributed by atoms with Crippen LogP contribution in [0.15, 0.2) is 23.3 Å². The summed E-state index contributed by atoms with van der Waals surface area (Å²) >= 11 is 4.94. The molecule has 0 aliphatic rings. The van der Waals surface area contributed by atoms with Gasteiger partial charge < -0.3 is 20.3 Å². The molecule has 0 atom stereocenters. The number of phenols is 2. The molecule has 0 spiro atoms. The molecular formula is C11H15N3O3S. The second-order valence-corrected chi connectivity index (χ2v) is 3.74. The van der Waals surface area contributed by atoms with E-state index in [0.717, 1.165) is 0 Å². The lowest BCUT2D eigenvalue weighted by Crippen LogP contribution is -2.34. The third kappa shape index (κ3) is 4.56. The van der Waals surface area contributed by atoms with Crippen molar-refractivity contribution in [1.29, 1.82) is 0 Å². The third-order valence-corrected chi connectivity index (χ3v) is 2.24. The van der Waals surface area contributed by atoms with Crippen LogP contribution in [0.3, 0.4) is 0 Å². The number of nitrogens with zero attached hydrogens (tertiary/aromatic N) is 1. The molecule has 4 N–H and O–H groups in total. The number of phenolic OH excluding ortho intramolecular Hbond substituents is 2. The van der Waals surface area contributed by atoms with Crippen LogP contribution in [-0.4, -0.2) is 41.8 Å². The van der Waals surface area contributed by atoms with Gasteiger partial charge in [-0.3, -0.25) is 5.43 Å². The van der Waals surface area contributed by atoms with Gasteiger partial charge in [0.2, 0.25) is 0 Å². The van der Waals surface area contributed by atoms with Gasteiger partial charge in [-0.1, -0.05) is 6.07 Å². The largest absolute Gasteiger partial charge is 0.504 e. The highest BCUT2D eigenvalue weighted by atomic mass is 32.1. The van der Waals surface area contributed by atoms with Gasteiger partial charge in [-0.25, -0.2) is 0 Å². The molecule has 0 heterocycles. The Morgan fingerprint density at radius 2 is 2.28 bits per heavy atom. The Morgan fingerprint density at radius 3 is 3.00 bits per heavy atom. The number of rotatable bonds is 5. The van der Waals surface area contributed by atoms with Crippen molar-refractivity contribution in [2.75, 3.05) is 20.3 Å². The number of thiocarbonyl (C=S) groups is 1. The molecule has 1 aromatic carbocycles. The third-order valence-electron chi connectivity index (χ3n) is 2.01. The number of hydrogen-bond donors (Lipinski definition) is 4. The van der Waals surface area contributed by atoms with E-state index in [1.165, 1.54) is 12.3 Å². The molecule has 7 heteroatoms. The summed E-state index contributed by atoms with van der Waals surface area (Å²) < 4.78 is 4.85. The van der Waals surface area contributed by atoms with Crippen molar-refractivity contribution in [3.63, 3.8) is 0 Å². The Kier molecular flexibility index (Phi) is 5.89. The minimum absolute atomic E-state index is 0.195. The standard InChI is InChI=1S/C11H15N3O3S/c1-17-6-5-12-11(18)14-13-7-8-3-2-4-9(15)10(8)16/h2-4,7,15-16H,5-6H2,1H3,(H2,12,14,18)/b13-7+. The lowest BCUT2D eigenvalue weighted by Gasteiger charge is -2.05. The van der Waals surface area contributed by atoms with Crippen molar-refractivity contribution in [3.8, 4) is 11.5 Å². The van der Waals surface area contributed by atoms with Gasteiger partial charge in [0.1, 0.15) is 0 Å². The van der Waals surface area contributed by atoms with Gasteiger partial charge in [0, 0.05) is 19.2 Å². The quantitative estimate of drug-likeness (QED) is 0.205. The first-order chi connectivity index (χ1) is 8.65. The Balaban J connectivity index is 2.45. The molecule has 0 radical (unpaired) electrons. The van der Waals surface area contributed by atoms with Crippen molar-refractivity contribution in [2.45, 2.75) is 0 Å². The van der Waals surface area contributed by atoms with Gasteiger partial charge >= 0.3 is 0 Å². The Morgan fingerprint density at radius 1 is 1.50 bits per heavy atom. The second-order valence-electron chi connectivity index (χ2n) is 3.33. The highest BCUT2D eigenvalue weighted by Crippen LogP contribution is 2.26. The van der Waals surface area contributed by atoms with Crippen molar-refractivity contribution >= 4 is 23.5 Å². The van der Waals surface area contributed by atoms with E-state index >= 15 is 0 Å². The normalized spacial score (nSPS) is 10.5. The molecule has 6 nitrogen and oxygen atoms in total. The fourth-order valence-electron chi connectivity index (χ4n) is 1.12. The number of methoxy groups -OCH3 is 1. The summed E-state index contributed by atoms with van der Waals surface area (Å²) in [5, 5.41) is 25.8. The van der Waals surface area contributed by atoms with Crippen molar-refractivity contribution in [1.82, 2.24) is 10.7 Å². The molecule has 1 aromatic rings. The molecule has 0 unspecified atom stereocenters. The van der Waals surface area contributed by atoms with E-state index in [1.54, 1.807) is 19.2 Å². The van der Waals surface area contributed by atoms with Crippen LogP contribution in [0.2, 0.25) is 0 Å². The Labute approximate surface area is 110 Å². The van der Waals surface area contributed by atoms with Crippen molar-refractivity contribution in [3.05, 3.63) is 23.8 Å². The van der Waals surface area contributed by atoms with E-state index in [2.05, 4.69) is 15.8 Å². The topological polar surface area (TPSA) is 86.1 Å². The maximum atomic E-state index is 9.50. The molecular weight excluding hydrogens is 254 g/mol. The van der Waals surface area contributed by atoms with Gasteiger partial charge in [-0.2, -0.15) is 5.10 Å². The molecule has 1 rings (SSSR count). The average molecular weight is 269 g/mol. The lowest BCUT2D eigenvalue weighted by atomic mass is 10.2. The molecule has 0 aliphatic carbocycles. The number of hydrazone groups is 1. The highest BCUT2D eigenvalue weighted by Gasteiger charge is 2.02. The van der Waals surface area contributed by atoms with Gasteiger partial charge in [-0.15, -0.1) is 0 Å². The minimum Gasteiger partial charge on any atom is -0.504 e. The molecule has 0 fully saturated rings. The van der Waals surface area contributed by atoms with Gasteiger partial charge in [-0.05, 0) is 24.4 Å². The van der Waals surface area contributed by atoms with Crippen LogP contribution < -0.4 is 10.7 Å². The smallest absolute Gasteiger partial charge is 0.187 e. The summed E-state index contributed by atoms with van der Waals surface area (Å²) in [5.41, 5.74) is 2.97. The van der Waals surface area contributed by atoms with E-state index in [1.807, 2.05) is 0 Å². The fourth-order valence-corrected chi connectivity index (χ4v) is 1.27. The molecule has 18 heavy (non-hydrogen) atoms. The zero-order valence-corrected chi connectivity index (χ0v) is 10.7. The average Bonchev–Trinajstić information content (AvgIpc) is 2.35. The number of benzene rings is 1. The summed E-state index contributed by atoms with van der Waals surface area (Å²) in [6.45, 7) is 1.12. The summed E-state index contributed by atoms with van der Waals surface area (Å²) in [6, 6.07) is 4.60. The van der Waals surface area contributed by atoms with Gasteiger partial charge in [0.05, 0.1) is 12.8 Å². The summed E-state index contributed by atoms with van der Waals surface area (Å²) in [7, 11) is 1.60. The fraction of sp³-hybridized carbons (Fsp3) is 0.273. The van der Waals surface area contributed by atoms with Crippen LogP contribution in [0.25, 0.3) is 0 Å². The predicted molar refractivity (Wildman–Crippen MR) is 73.0 cm³/mol. The summed E-state index contributed by atoms with van der Waals surface area (Å²) in [6.07, 6.45) is 1.36. The van der Waals surface area contributed by atoms with Crippen LogP contribution in [0.1, 0.15) is 5.56 Å². The first kappa shape index (κ1) is 14.2. The van der Waals surface area contributed by atoms with Crippen LogP contribution in [0, 0.1) is 0 Å². The van der Waals surface area contributed by atoms with Crippen molar-refractivity contribution in [2.24, 2.45) is 5.10 Å². The SMILES string of the molecule is COCCNC(=S)N/N=C/c1cccc(O)c1O. The first-order valence-corrected chi connectivity index (χ1v) is 5.62. The van der Waals surface area contributed by atoms with Crippen LogP contribution in [-0.2, 0) is 4.74 Å². The molecule has 0 bridgehead atoms. The number of hydrogen-bond acceptors (Lipinski definition) is 5. The second kappa shape index (κ2) is 7.46. The van der Waals surface area contributed by atoms with Gasteiger partial charge in [0.15, 0.2) is 16.6 Å². The van der Waals surface area contributed by atoms with Crippen LogP contribution in [0.5, 0.6) is 11.5 Å². The van der Waals surface area contributed by atoms with E-state index in [4.69, 9.17) is 17.0 Å². The number of nitrogens with one attached hydrogen (secondary N) is 2.